The number of hydrogen-bond acceptors (Lipinski definition) is 3. The molecule has 0 amide bonds. The Morgan fingerprint density at radius 1 is 1.62 bits per heavy atom. The second-order valence-corrected chi connectivity index (χ2v) is 2.89. The zero-order chi connectivity index (χ0) is 9.84. The zero-order valence-corrected chi connectivity index (χ0v) is 8.26. The first kappa shape index (κ1) is 9.99. The van der Waals surface area contributed by atoms with E-state index in [4.69, 9.17) is 11.6 Å². The number of ether oxygens (including phenoxy) is 1. The van der Waals surface area contributed by atoms with Gasteiger partial charge in [-0.2, -0.15) is 0 Å². The maximum absolute atomic E-state index is 11.1. The number of methoxy groups -OCH3 is 1. The number of halogens is 1. The molecule has 0 aliphatic carbocycles. The zero-order valence-electron chi connectivity index (χ0n) is 7.50. The highest BCUT2D eigenvalue weighted by Crippen LogP contribution is 2.08. The summed E-state index contributed by atoms with van der Waals surface area (Å²) in [4.78, 5) is 15.1. The molecule has 0 spiro atoms. The van der Waals surface area contributed by atoms with Crippen LogP contribution >= 0.6 is 11.6 Å². The molecule has 1 aromatic heterocycles. The van der Waals surface area contributed by atoms with Gasteiger partial charge in [0.2, 0.25) is 0 Å². The van der Waals surface area contributed by atoms with E-state index in [0.29, 0.717) is 11.6 Å². The predicted molar refractivity (Wildman–Crippen MR) is 49.9 cm³/mol. The molecule has 0 radical (unpaired) electrons. The van der Waals surface area contributed by atoms with E-state index in [1.165, 1.54) is 7.11 Å². The average molecular weight is 200 g/mol. The minimum absolute atomic E-state index is 0.304. The second kappa shape index (κ2) is 4.23. The van der Waals surface area contributed by atoms with E-state index in [9.17, 15) is 4.79 Å². The summed E-state index contributed by atoms with van der Waals surface area (Å²) in [6.07, 6.45) is 0. The Kier molecular flexibility index (Phi) is 3.25. The number of carbonyl (C=O) groups is 1. The number of hydrogen-bond donors (Lipinski definition) is 0. The molecule has 0 N–H and O–H groups in total. The standard InChI is InChI=1S/C9H10ClNO2/c1-6-3-7(5-10)4-8(11-6)9(12)13-2/h3-4H,5H2,1-2H3. The lowest BCUT2D eigenvalue weighted by atomic mass is 10.2. The van der Waals surface area contributed by atoms with E-state index >= 15 is 0 Å². The number of carbonyl (C=O) groups excluding carboxylic acids is 1. The van der Waals surface area contributed by atoms with E-state index < -0.39 is 5.97 Å². The smallest absolute Gasteiger partial charge is 0.356 e. The maximum Gasteiger partial charge on any atom is 0.356 e. The van der Waals surface area contributed by atoms with Gasteiger partial charge in [0.1, 0.15) is 5.69 Å². The van der Waals surface area contributed by atoms with Gasteiger partial charge in [0.15, 0.2) is 0 Å². The molecule has 0 unspecified atom stereocenters. The van der Waals surface area contributed by atoms with Crippen LogP contribution in [0.2, 0.25) is 0 Å². The Morgan fingerprint density at radius 2 is 2.31 bits per heavy atom. The summed E-state index contributed by atoms with van der Waals surface area (Å²) in [5.41, 5.74) is 1.94. The van der Waals surface area contributed by atoms with Crippen LogP contribution in [0.1, 0.15) is 21.7 Å². The molecule has 0 aliphatic rings. The summed E-state index contributed by atoms with van der Waals surface area (Å²) in [6.45, 7) is 1.81. The Labute approximate surface area is 81.7 Å². The van der Waals surface area contributed by atoms with Gasteiger partial charge in [-0.25, -0.2) is 9.78 Å². The summed E-state index contributed by atoms with van der Waals surface area (Å²) in [5, 5.41) is 0. The van der Waals surface area contributed by atoms with Crippen molar-refractivity contribution in [2.45, 2.75) is 12.8 Å². The largest absolute Gasteiger partial charge is 0.464 e. The fourth-order valence-electron chi connectivity index (χ4n) is 1.03. The van der Waals surface area contributed by atoms with Crippen LogP contribution in [0.25, 0.3) is 0 Å². The molecule has 0 saturated heterocycles. The molecule has 0 bridgehead atoms. The minimum Gasteiger partial charge on any atom is -0.464 e. The van der Waals surface area contributed by atoms with Crippen LogP contribution in [0.15, 0.2) is 12.1 Å². The lowest BCUT2D eigenvalue weighted by Gasteiger charge is -2.02. The molecule has 0 fully saturated rings. The molecule has 1 heterocycles. The quantitative estimate of drug-likeness (QED) is 0.540. The van der Waals surface area contributed by atoms with Gasteiger partial charge in [-0.05, 0) is 24.6 Å². The highest BCUT2D eigenvalue weighted by molar-refractivity contribution is 6.17. The van der Waals surface area contributed by atoms with Crippen molar-refractivity contribution in [1.82, 2.24) is 4.98 Å². The number of rotatable bonds is 2. The fraction of sp³-hybridized carbons (Fsp3) is 0.333. The maximum atomic E-state index is 11.1. The van der Waals surface area contributed by atoms with Gasteiger partial charge in [0.25, 0.3) is 0 Å². The van der Waals surface area contributed by atoms with Gasteiger partial charge >= 0.3 is 5.97 Å². The van der Waals surface area contributed by atoms with Crippen LogP contribution in [0.3, 0.4) is 0 Å². The highest BCUT2D eigenvalue weighted by Gasteiger charge is 2.08. The van der Waals surface area contributed by atoms with Crippen molar-refractivity contribution in [2.24, 2.45) is 0 Å². The third kappa shape index (κ3) is 2.42. The average Bonchev–Trinajstić information content (AvgIpc) is 2.15. The van der Waals surface area contributed by atoms with Gasteiger partial charge < -0.3 is 4.74 Å². The molecule has 0 saturated carbocycles. The predicted octanol–water partition coefficient (Wildman–Crippen LogP) is 1.92. The van der Waals surface area contributed by atoms with Crippen LogP contribution in [0.4, 0.5) is 0 Å². The van der Waals surface area contributed by atoms with Crippen LogP contribution in [0.5, 0.6) is 0 Å². The molecule has 3 nitrogen and oxygen atoms in total. The van der Waals surface area contributed by atoms with E-state index in [1.807, 2.05) is 13.0 Å². The van der Waals surface area contributed by atoms with Crippen LogP contribution in [-0.4, -0.2) is 18.1 Å². The Balaban J connectivity index is 3.08. The topological polar surface area (TPSA) is 39.2 Å². The van der Waals surface area contributed by atoms with Gasteiger partial charge in [-0.1, -0.05) is 0 Å². The Morgan fingerprint density at radius 3 is 2.85 bits per heavy atom. The molecule has 4 heteroatoms. The summed E-state index contributed by atoms with van der Waals surface area (Å²) in [7, 11) is 1.33. The number of nitrogens with zero attached hydrogens (tertiary/aromatic N) is 1. The second-order valence-electron chi connectivity index (χ2n) is 2.63. The van der Waals surface area contributed by atoms with Crippen LogP contribution in [-0.2, 0) is 10.6 Å². The summed E-state index contributed by atoms with van der Waals surface area (Å²) in [5.74, 6) is -0.0667. The monoisotopic (exact) mass is 199 g/mol. The highest BCUT2D eigenvalue weighted by atomic mass is 35.5. The number of aromatic nitrogens is 1. The van der Waals surface area contributed by atoms with Crippen LogP contribution in [0, 0.1) is 6.92 Å². The third-order valence-electron chi connectivity index (χ3n) is 1.56. The molecule has 0 aromatic carbocycles. The van der Waals surface area contributed by atoms with Crippen molar-refractivity contribution in [1.29, 1.82) is 0 Å². The molecule has 70 valence electrons. The van der Waals surface area contributed by atoms with Crippen molar-refractivity contribution in [3.05, 3.63) is 29.1 Å². The SMILES string of the molecule is COC(=O)c1cc(CCl)cc(C)n1. The fourth-order valence-corrected chi connectivity index (χ4v) is 1.18. The minimum atomic E-state index is -0.435. The lowest BCUT2D eigenvalue weighted by Crippen LogP contribution is -2.05. The number of aryl methyl sites for hydroxylation is 1. The first-order valence-corrected chi connectivity index (χ1v) is 4.32. The van der Waals surface area contributed by atoms with E-state index in [-0.39, 0.29) is 0 Å². The molecule has 13 heavy (non-hydrogen) atoms. The third-order valence-corrected chi connectivity index (χ3v) is 1.87. The van der Waals surface area contributed by atoms with Crippen molar-refractivity contribution < 1.29 is 9.53 Å². The lowest BCUT2D eigenvalue weighted by molar-refractivity contribution is 0.0593. The number of esters is 1. The molecule has 1 rings (SSSR count). The van der Waals surface area contributed by atoms with Gasteiger partial charge in [0.05, 0.1) is 7.11 Å². The van der Waals surface area contributed by atoms with Crippen molar-refractivity contribution >= 4 is 17.6 Å². The first-order chi connectivity index (χ1) is 6.17. The van der Waals surface area contributed by atoms with E-state index in [1.54, 1.807) is 6.07 Å². The van der Waals surface area contributed by atoms with Crippen LogP contribution < -0.4 is 0 Å². The van der Waals surface area contributed by atoms with Gasteiger partial charge in [-0.3, -0.25) is 0 Å². The molecular formula is C9H10ClNO2. The molecule has 0 aliphatic heterocycles. The van der Waals surface area contributed by atoms with Crippen molar-refractivity contribution in [3.8, 4) is 0 Å². The molecular weight excluding hydrogens is 190 g/mol. The van der Waals surface area contributed by atoms with Gasteiger partial charge in [0, 0.05) is 11.6 Å². The Hall–Kier alpha value is -1.09. The normalized spacial score (nSPS) is 9.77. The summed E-state index contributed by atoms with van der Waals surface area (Å²) in [6, 6.07) is 3.46. The molecule has 1 aromatic rings. The van der Waals surface area contributed by atoms with Crippen molar-refractivity contribution in [3.63, 3.8) is 0 Å². The number of pyridine rings is 1. The van der Waals surface area contributed by atoms with Crippen molar-refractivity contribution in [2.75, 3.05) is 7.11 Å². The van der Waals surface area contributed by atoms with Gasteiger partial charge in [-0.15, -0.1) is 11.6 Å². The first-order valence-electron chi connectivity index (χ1n) is 3.79. The number of alkyl halides is 1. The summed E-state index contributed by atoms with van der Waals surface area (Å²) < 4.78 is 4.55. The van der Waals surface area contributed by atoms with E-state index in [0.717, 1.165) is 11.3 Å². The summed E-state index contributed by atoms with van der Waals surface area (Å²) >= 11 is 5.64. The molecule has 0 atom stereocenters. The van der Waals surface area contributed by atoms with E-state index in [2.05, 4.69) is 9.72 Å². The Bertz CT molecular complexity index is 325.